The molecule has 0 fully saturated rings. The summed E-state index contributed by atoms with van der Waals surface area (Å²) in [6, 6.07) is 11.8. The third-order valence-corrected chi connectivity index (χ3v) is 5.07. The predicted octanol–water partition coefficient (Wildman–Crippen LogP) is 3.29. The molecule has 0 aliphatic heterocycles. The maximum absolute atomic E-state index is 12.4. The van der Waals surface area contributed by atoms with E-state index in [1.165, 1.54) is 6.07 Å². The Hall–Kier alpha value is -1.96. The number of nitro benzene ring substituents is 1. The Labute approximate surface area is 132 Å². The number of halogens is 1. The Balaban J connectivity index is 2.35. The quantitative estimate of drug-likeness (QED) is 0.668. The summed E-state index contributed by atoms with van der Waals surface area (Å²) < 4.78 is 27.2. The van der Waals surface area contributed by atoms with Gasteiger partial charge < -0.3 is 0 Å². The van der Waals surface area contributed by atoms with E-state index < -0.39 is 21.0 Å². The molecule has 22 heavy (non-hydrogen) atoms. The molecule has 8 heteroatoms. The molecule has 2 rings (SSSR count). The normalized spacial score (nSPS) is 12.8. The minimum atomic E-state index is -3.98. The summed E-state index contributed by atoms with van der Waals surface area (Å²) >= 11 is 5.87. The Morgan fingerprint density at radius 2 is 1.82 bits per heavy atom. The highest BCUT2D eigenvalue weighted by Gasteiger charge is 2.23. The summed E-state index contributed by atoms with van der Waals surface area (Å²) in [6.07, 6.45) is 0. The number of hydrogen-bond donors (Lipinski definition) is 1. The zero-order valence-electron chi connectivity index (χ0n) is 11.6. The van der Waals surface area contributed by atoms with Crippen LogP contribution in [-0.4, -0.2) is 13.3 Å². The maximum Gasteiger partial charge on any atom is 0.270 e. The maximum atomic E-state index is 12.4. The molecule has 2 aromatic carbocycles. The standard InChI is InChI=1S/C14H13ClN2O4S/c1-10(11-5-3-2-4-6-11)16-22(20,21)14-9-12(17(18)19)7-8-13(14)15/h2-10,16H,1H3/t10-/m0/s1. The van der Waals surface area contributed by atoms with Gasteiger partial charge in [-0.2, -0.15) is 0 Å². The third kappa shape index (κ3) is 3.62. The van der Waals surface area contributed by atoms with Gasteiger partial charge in [0.15, 0.2) is 0 Å². The highest BCUT2D eigenvalue weighted by Crippen LogP contribution is 2.27. The van der Waals surface area contributed by atoms with Gasteiger partial charge in [0.25, 0.3) is 5.69 Å². The number of sulfonamides is 1. The van der Waals surface area contributed by atoms with E-state index in [2.05, 4.69) is 4.72 Å². The van der Waals surface area contributed by atoms with Gasteiger partial charge in [0, 0.05) is 18.2 Å². The molecule has 0 unspecified atom stereocenters. The van der Waals surface area contributed by atoms with Crippen molar-refractivity contribution in [2.45, 2.75) is 17.9 Å². The first kappa shape index (κ1) is 16.4. The molecule has 1 N–H and O–H groups in total. The van der Waals surface area contributed by atoms with Crippen molar-refractivity contribution in [3.63, 3.8) is 0 Å². The molecule has 0 radical (unpaired) electrons. The lowest BCUT2D eigenvalue weighted by atomic mass is 10.1. The lowest BCUT2D eigenvalue weighted by Crippen LogP contribution is -2.27. The Morgan fingerprint density at radius 3 is 2.41 bits per heavy atom. The van der Waals surface area contributed by atoms with Crippen LogP contribution in [0, 0.1) is 10.1 Å². The van der Waals surface area contributed by atoms with E-state index in [0.717, 1.165) is 17.7 Å². The van der Waals surface area contributed by atoms with Crippen LogP contribution in [0.3, 0.4) is 0 Å². The van der Waals surface area contributed by atoms with Crippen molar-refractivity contribution in [2.75, 3.05) is 0 Å². The molecule has 0 aliphatic carbocycles. The fourth-order valence-corrected chi connectivity index (χ4v) is 3.67. The minimum Gasteiger partial charge on any atom is -0.258 e. The van der Waals surface area contributed by atoms with Crippen molar-refractivity contribution in [1.82, 2.24) is 4.72 Å². The molecule has 116 valence electrons. The molecule has 0 heterocycles. The zero-order chi connectivity index (χ0) is 16.3. The molecule has 6 nitrogen and oxygen atoms in total. The van der Waals surface area contributed by atoms with Gasteiger partial charge in [0.2, 0.25) is 10.0 Å². The molecule has 0 aromatic heterocycles. The minimum absolute atomic E-state index is 0.0710. The zero-order valence-corrected chi connectivity index (χ0v) is 13.1. The molecule has 0 saturated carbocycles. The van der Waals surface area contributed by atoms with Crippen LogP contribution in [0.2, 0.25) is 5.02 Å². The van der Waals surface area contributed by atoms with E-state index in [9.17, 15) is 18.5 Å². The predicted molar refractivity (Wildman–Crippen MR) is 83.3 cm³/mol. The molecular weight excluding hydrogens is 328 g/mol. The van der Waals surface area contributed by atoms with Crippen LogP contribution in [0.15, 0.2) is 53.4 Å². The summed E-state index contributed by atoms with van der Waals surface area (Å²) in [6.45, 7) is 1.68. The van der Waals surface area contributed by atoms with Crippen molar-refractivity contribution in [3.8, 4) is 0 Å². The van der Waals surface area contributed by atoms with Crippen LogP contribution in [0.4, 0.5) is 5.69 Å². The second-order valence-corrected chi connectivity index (χ2v) is 6.72. The van der Waals surface area contributed by atoms with Gasteiger partial charge in [0.05, 0.1) is 9.95 Å². The molecule has 2 aromatic rings. The fraction of sp³-hybridized carbons (Fsp3) is 0.143. The molecule has 0 aliphatic rings. The monoisotopic (exact) mass is 340 g/mol. The first-order valence-electron chi connectivity index (χ1n) is 6.32. The highest BCUT2D eigenvalue weighted by molar-refractivity contribution is 7.89. The van der Waals surface area contributed by atoms with E-state index in [-0.39, 0.29) is 15.6 Å². The van der Waals surface area contributed by atoms with Gasteiger partial charge in [-0.15, -0.1) is 0 Å². The SMILES string of the molecule is C[C@H](NS(=O)(=O)c1cc([N+](=O)[O-])ccc1Cl)c1ccccc1. The van der Waals surface area contributed by atoms with E-state index in [1.54, 1.807) is 31.2 Å². The first-order valence-corrected chi connectivity index (χ1v) is 8.18. The van der Waals surface area contributed by atoms with Crippen LogP contribution in [-0.2, 0) is 10.0 Å². The van der Waals surface area contributed by atoms with Crippen molar-refractivity contribution in [2.24, 2.45) is 0 Å². The Morgan fingerprint density at radius 1 is 1.18 bits per heavy atom. The van der Waals surface area contributed by atoms with Crippen molar-refractivity contribution >= 4 is 27.3 Å². The number of benzene rings is 2. The van der Waals surface area contributed by atoms with Gasteiger partial charge in [-0.1, -0.05) is 41.9 Å². The lowest BCUT2D eigenvalue weighted by molar-refractivity contribution is -0.385. The van der Waals surface area contributed by atoms with Crippen LogP contribution < -0.4 is 4.72 Å². The van der Waals surface area contributed by atoms with E-state index >= 15 is 0 Å². The summed E-state index contributed by atoms with van der Waals surface area (Å²) in [4.78, 5) is 9.80. The molecule has 0 spiro atoms. The highest BCUT2D eigenvalue weighted by atomic mass is 35.5. The second kappa shape index (κ2) is 6.43. The van der Waals surface area contributed by atoms with Crippen LogP contribution in [0.5, 0.6) is 0 Å². The second-order valence-electron chi connectivity index (χ2n) is 4.63. The first-order chi connectivity index (χ1) is 10.3. The van der Waals surface area contributed by atoms with Crippen LogP contribution in [0.25, 0.3) is 0 Å². The Kier molecular flexibility index (Phi) is 4.80. The van der Waals surface area contributed by atoms with Crippen LogP contribution >= 0.6 is 11.6 Å². The number of nitrogens with zero attached hydrogens (tertiary/aromatic N) is 1. The lowest BCUT2D eigenvalue weighted by Gasteiger charge is -2.15. The largest absolute Gasteiger partial charge is 0.270 e. The van der Waals surface area contributed by atoms with E-state index in [0.29, 0.717) is 0 Å². The van der Waals surface area contributed by atoms with E-state index in [4.69, 9.17) is 11.6 Å². The van der Waals surface area contributed by atoms with E-state index in [1.807, 2.05) is 6.07 Å². The Bertz CT molecular complexity index is 794. The van der Waals surface area contributed by atoms with Crippen molar-refractivity contribution in [1.29, 1.82) is 0 Å². The number of hydrogen-bond acceptors (Lipinski definition) is 4. The van der Waals surface area contributed by atoms with Gasteiger partial charge in [-0.05, 0) is 18.6 Å². The topological polar surface area (TPSA) is 89.3 Å². The summed E-state index contributed by atoms with van der Waals surface area (Å²) in [5, 5.41) is 10.7. The summed E-state index contributed by atoms with van der Waals surface area (Å²) in [5.74, 6) is 0. The van der Waals surface area contributed by atoms with Gasteiger partial charge in [-0.3, -0.25) is 10.1 Å². The van der Waals surface area contributed by atoms with Crippen molar-refractivity contribution < 1.29 is 13.3 Å². The average Bonchev–Trinajstić information content (AvgIpc) is 2.47. The number of nitrogens with one attached hydrogen (secondary N) is 1. The summed E-state index contributed by atoms with van der Waals surface area (Å²) in [5.41, 5.74) is 0.435. The molecule has 0 saturated heterocycles. The average molecular weight is 341 g/mol. The number of nitro groups is 1. The fourth-order valence-electron chi connectivity index (χ4n) is 1.92. The molecule has 0 bridgehead atoms. The molecular formula is C14H13ClN2O4S. The smallest absolute Gasteiger partial charge is 0.258 e. The number of non-ortho nitro benzene ring substituents is 1. The van der Waals surface area contributed by atoms with Gasteiger partial charge in [-0.25, -0.2) is 13.1 Å². The van der Waals surface area contributed by atoms with Gasteiger partial charge >= 0.3 is 0 Å². The van der Waals surface area contributed by atoms with Crippen LogP contribution in [0.1, 0.15) is 18.5 Å². The molecule has 0 amide bonds. The summed E-state index contributed by atoms with van der Waals surface area (Å²) in [7, 11) is -3.98. The third-order valence-electron chi connectivity index (χ3n) is 3.05. The molecule has 1 atom stereocenters. The number of rotatable bonds is 5. The van der Waals surface area contributed by atoms with Gasteiger partial charge in [0.1, 0.15) is 4.90 Å². The van der Waals surface area contributed by atoms with Crippen molar-refractivity contribution in [3.05, 3.63) is 69.2 Å².